The van der Waals surface area contributed by atoms with Crippen LogP contribution in [0.15, 0.2) is 0 Å². The number of amides is 1. The normalized spacial score (nSPS) is 12.5. The molecule has 0 aliphatic carbocycles. The van der Waals surface area contributed by atoms with Crippen molar-refractivity contribution in [3.05, 3.63) is 0 Å². The summed E-state index contributed by atoms with van der Waals surface area (Å²) in [6, 6.07) is 0. The van der Waals surface area contributed by atoms with Crippen molar-refractivity contribution in [2.75, 3.05) is 25.1 Å². The van der Waals surface area contributed by atoms with Crippen LogP contribution < -0.4 is 11.1 Å². The van der Waals surface area contributed by atoms with Crippen molar-refractivity contribution in [1.29, 1.82) is 0 Å². The summed E-state index contributed by atoms with van der Waals surface area (Å²) in [5, 5.41) is 2.89. The molecule has 1 atom stereocenters. The third-order valence-electron chi connectivity index (χ3n) is 1.71. The van der Waals surface area contributed by atoms with Crippen LogP contribution in [0.25, 0.3) is 0 Å². The molecule has 0 aromatic heterocycles. The van der Waals surface area contributed by atoms with Gasteiger partial charge in [0.15, 0.2) is 0 Å². The summed E-state index contributed by atoms with van der Waals surface area (Å²) in [5.74, 6) is 1.77. The van der Waals surface area contributed by atoms with Gasteiger partial charge in [0.2, 0.25) is 5.91 Å². The van der Waals surface area contributed by atoms with Gasteiger partial charge in [-0.25, -0.2) is 0 Å². The van der Waals surface area contributed by atoms with Gasteiger partial charge < -0.3 is 11.1 Å². The predicted molar refractivity (Wildman–Crippen MR) is 58.8 cm³/mol. The second-order valence-electron chi connectivity index (χ2n) is 3.26. The molecular weight excluding hydrogens is 184 g/mol. The summed E-state index contributed by atoms with van der Waals surface area (Å²) < 4.78 is 0. The standard InChI is InChI=1S/C9H20N2OS/c1-8(7-13-2)6-11-9(12)4-3-5-10/h8H,3-7,10H2,1-2H3,(H,11,12). The summed E-state index contributed by atoms with van der Waals surface area (Å²) in [7, 11) is 0. The molecular formula is C9H20N2OS. The van der Waals surface area contributed by atoms with Crippen LogP contribution in [0.4, 0.5) is 0 Å². The molecule has 3 N–H and O–H groups in total. The Labute approximate surface area is 84.8 Å². The number of nitrogens with two attached hydrogens (primary N) is 1. The third kappa shape index (κ3) is 8.12. The highest BCUT2D eigenvalue weighted by molar-refractivity contribution is 7.98. The zero-order valence-electron chi connectivity index (χ0n) is 8.51. The van der Waals surface area contributed by atoms with Gasteiger partial charge in [-0.3, -0.25) is 4.79 Å². The molecule has 0 heterocycles. The zero-order valence-corrected chi connectivity index (χ0v) is 9.32. The molecule has 1 unspecified atom stereocenters. The number of nitrogens with one attached hydrogen (secondary N) is 1. The molecule has 0 aromatic carbocycles. The molecule has 4 heteroatoms. The minimum atomic E-state index is 0.124. The van der Waals surface area contributed by atoms with Gasteiger partial charge in [-0.15, -0.1) is 0 Å². The molecule has 0 aromatic rings. The first-order chi connectivity index (χ1) is 6.20. The lowest BCUT2D eigenvalue weighted by Gasteiger charge is -2.10. The van der Waals surface area contributed by atoms with Gasteiger partial charge >= 0.3 is 0 Å². The highest BCUT2D eigenvalue weighted by Gasteiger charge is 2.03. The smallest absolute Gasteiger partial charge is 0.220 e. The van der Waals surface area contributed by atoms with Crippen LogP contribution in [0.1, 0.15) is 19.8 Å². The average Bonchev–Trinajstić information content (AvgIpc) is 2.12. The van der Waals surface area contributed by atoms with Crippen LogP contribution in [-0.4, -0.2) is 31.0 Å². The highest BCUT2D eigenvalue weighted by atomic mass is 32.2. The van der Waals surface area contributed by atoms with E-state index in [4.69, 9.17) is 5.73 Å². The molecule has 0 saturated carbocycles. The maximum atomic E-state index is 11.1. The lowest BCUT2D eigenvalue weighted by atomic mass is 10.2. The van der Waals surface area contributed by atoms with Gasteiger partial charge in [-0.2, -0.15) is 11.8 Å². The van der Waals surface area contributed by atoms with Crippen LogP contribution in [0.5, 0.6) is 0 Å². The molecule has 0 aliphatic rings. The van der Waals surface area contributed by atoms with Crippen molar-refractivity contribution in [2.24, 2.45) is 11.7 Å². The van der Waals surface area contributed by atoms with Crippen LogP contribution in [-0.2, 0) is 4.79 Å². The van der Waals surface area contributed by atoms with Gasteiger partial charge in [-0.1, -0.05) is 6.92 Å². The molecule has 1 amide bonds. The van der Waals surface area contributed by atoms with E-state index in [-0.39, 0.29) is 5.91 Å². The van der Waals surface area contributed by atoms with Gasteiger partial charge in [0, 0.05) is 13.0 Å². The van der Waals surface area contributed by atoms with E-state index < -0.39 is 0 Å². The molecule has 0 fully saturated rings. The number of hydrogen-bond donors (Lipinski definition) is 2. The van der Waals surface area contributed by atoms with Crippen LogP contribution >= 0.6 is 11.8 Å². The van der Waals surface area contributed by atoms with Gasteiger partial charge in [0.1, 0.15) is 0 Å². The molecule has 0 saturated heterocycles. The van der Waals surface area contributed by atoms with Crippen molar-refractivity contribution < 1.29 is 4.79 Å². The Morgan fingerprint density at radius 3 is 2.85 bits per heavy atom. The van der Waals surface area contributed by atoms with Gasteiger partial charge in [-0.05, 0) is 30.9 Å². The molecule has 3 nitrogen and oxygen atoms in total. The average molecular weight is 204 g/mol. The number of carbonyl (C=O) groups excluding carboxylic acids is 1. The van der Waals surface area contributed by atoms with Gasteiger partial charge in [0.25, 0.3) is 0 Å². The van der Waals surface area contributed by atoms with E-state index in [1.165, 1.54) is 0 Å². The molecule has 0 radical (unpaired) electrons. The SMILES string of the molecule is CSCC(C)CNC(=O)CCCN. The van der Waals surface area contributed by atoms with Crippen molar-refractivity contribution in [3.8, 4) is 0 Å². The summed E-state index contributed by atoms with van der Waals surface area (Å²) >= 11 is 1.81. The van der Waals surface area contributed by atoms with Crippen LogP contribution in [0.3, 0.4) is 0 Å². The summed E-state index contributed by atoms with van der Waals surface area (Å²) in [6.45, 7) is 3.51. The second kappa shape index (κ2) is 8.38. The van der Waals surface area contributed by atoms with E-state index in [1.54, 1.807) is 0 Å². The van der Waals surface area contributed by atoms with E-state index in [9.17, 15) is 4.79 Å². The summed E-state index contributed by atoms with van der Waals surface area (Å²) in [4.78, 5) is 11.1. The molecule has 0 spiro atoms. The molecule has 0 aliphatic heterocycles. The Balaban J connectivity index is 3.34. The van der Waals surface area contributed by atoms with Gasteiger partial charge in [0.05, 0.1) is 0 Å². The summed E-state index contributed by atoms with van der Waals surface area (Å²) in [6.07, 6.45) is 3.41. The quantitative estimate of drug-likeness (QED) is 0.646. The Morgan fingerprint density at radius 2 is 2.31 bits per heavy atom. The molecule has 0 bridgehead atoms. The number of thioether (sulfide) groups is 1. The van der Waals surface area contributed by atoms with E-state index in [2.05, 4.69) is 18.5 Å². The lowest BCUT2D eigenvalue weighted by Crippen LogP contribution is -2.29. The second-order valence-corrected chi connectivity index (χ2v) is 4.17. The first-order valence-corrected chi connectivity index (χ1v) is 6.05. The predicted octanol–water partition coefficient (Wildman–Crippen LogP) is 0.841. The lowest BCUT2D eigenvalue weighted by molar-refractivity contribution is -0.121. The van der Waals surface area contributed by atoms with E-state index in [0.29, 0.717) is 18.9 Å². The van der Waals surface area contributed by atoms with E-state index in [0.717, 1.165) is 18.7 Å². The molecule has 0 rings (SSSR count). The number of rotatable bonds is 7. The number of carbonyl (C=O) groups is 1. The third-order valence-corrected chi connectivity index (χ3v) is 2.61. The Hall–Kier alpha value is -0.220. The molecule has 13 heavy (non-hydrogen) atoms. The Kier molecular flexibility index (Phi) is 8.24. The van der Waals surface area contributed by atoms with Crippen LogP contribution in [0, 0.1) is 5.92 Å². The fourth-order valence-electron chi connectivity index (χ4n) is 0.983. The first-order valence-electron chi connectivity index (χ1n) is 4.66. The molecule has 78 valence electrons. The minimum absolute atomic E-state index is 0.124. The minimum Gasteiger partial charge on any atom is -0.356 e. The fraction of sp³-hybridized carbons (Fsp3) is 0.889. The van der Waals surface area contributed by atoms with E-state index in [1.807, 2.05) is 11.8 Å². The maximum Gasteiger partial charge on any atom is 0.220 e. The van der Waals surface area contributed by atoms with Crippen molar-refractivity contribution in [1.82, 2.24) is 5.32 Å². The monoisotopic (exact) mass is 204 g/mol. The van der Waals surface area contributed by atoms with Crippen molar-refractivity contribution in [3.63, 3.8) is 0 Å². The summed E-state index contributed by atoms with van der Waals surface area (Å²) in [5.41, 5.74) is 5.30. The zero-order chi connectivity index (χ0) is 10.1. The Bertz CT molecular complexity index is 142. The van der Waals surface area contributed by atoms with Crippen molar-refractivity contribution >= 4 is 17.7 Å². The fourth-order valence-corrected chi connectivity index (χ4v) is 1.67. The topological polar surface area (TPSA) is 55.1 Å². The van der Waals surface area contributed by atoms with E-state index >= 15 is 0 Å². The van der Waals surface area contributed by atoms with Crippen LogP contribution in [0.2, 0.25) is 0 Å². The largest absolute Gasteiger partial charge is 0.356 e. The maximum absolute atomic E-state index is 11.1. The first kappa shape index (κ1) is 12.8. The Morgan fingerprint density at radius 1 is 1.62 bits per heavy atom. The highest BCUT2D eigenvalue weighted by Crippen LogP contribution is 2.02. The van der Waals surface area contributed by atoms with Crippen molar-refractivity contribution in [2.45, 2.75) is 19.8 Å². The number of hydrogen-bond acceptors (Lipinski definition) is 3.